The van der Waals surface area contributed by atoms with Crippen LogP contribution in [0.3, 0.4) is 0 Å². The highest BCUT2D eigenvalue weighted by molar-refractivity contribution is 5.93. The van der Waals surface area contributed by atoms with Gasteiger partial charge in [0.1, 0.15) is 11.5 Å². The Morgan fingerprint density at radius 2 is 1.31 bits per heavy atom. The fourth-order valence-electron chi connectivity index (χ4n) is 2.43. The van der Waals surface area contributed by atoms with Crippen molar-refractivity contribution in [1.29, 1.82) is 0 Å². The molecule has 0 aliphatic rings. The van der Waals surface area contributed by atoms with Gasteiger partial charge in [0, 0.05) is 11.6 Å². The number of nitrogens with zero attached hydrogens (tertiary/aromatic N) is 2. The second kappa shape index (κ2) is 6.78. The third kappa shape index (κ3) is 4.51. The Bertz CT molecular complexity index is 1030. The summed E-state index contributed by atoms with van der Waals surface area (Å²) < 4.78 is 116. The molecule has 2 heterocycles. The monoisotopic (exact) mass is 425 g/mol. The first kappa shape index (κ1) is 20.7. The van der Waals surface area contributed by atoms with E-state index in [2.05, 4.69) is 15.3 Å². The van der Waals surface area contributed by atoms with Crippen LogP contribution in [0.2, 0.25) is 0 Å². The molecular weight excluding hydrogens is 417 g/mol. The molecule has 0 aliphatic carbocycles. The third-order valence-electron chi connectivity index (χ3n) is 3.78. The SMILES string of the molecule is FC(F)(F)c1ccc(Nc2cc(C(F)(F)F)nc3cc(C(F)(F)F)ccc23)nc1. The van der Waals surface area contributed by atoms with Crippen molar-refractivity contribution >= 4 is 22.4 Å². The van der Waals surface area contributed by atoms with Gasteiger partial charge in [0.05, 0.1) is 22.3 Å². The highest BCUT2D eigenvalue weighted by Gasteiger charge is 2.35. The molecule has 0 radical (unpaired) electrons. The van der Waals surface area contributed by atoms with Gasteiger partial charge in [-0.2, -0.15) is 39.5 Å². The van der Waals surface area contributed by atoms with Crippen LogP contribution in [0.5, 0.6) is 0 Å². The van der Waals surface area contributed by atoms with E-state index in [1.165, 1.54) is 0 Å². The molecule has 1 aromatic carbocycles. The average Bonchev–Trinajstić information content (AvgIpc) is 2.59. The van der Waals surface area contributed by atoms with E-state index >= 15 is 0 Å². The van der Waals surface area contributed by atoms with Crippen LogP contribution >= 0.6 is 0 Å². The minimum absolute atomic E-state index is 0.104. The topological polar surface area (TPSA) is 37.8 Å². The summed E-state index contributed by atoms with van der Waals surface area (Å²) in [5, 5.41) is 2.29. The molecule has 0 saturated heterocycles. The Balaban J connectivity index is 2.10. The summed E-state index contributed by atoms with van der Waals surface area (Å²) in [4.78, 5) is 6.72. The van der Waals surface area contributed by atoms with Gasteiger partial charge in [0.25, 0.3) is 0 Å². The Kier molecular flexibility index (Phi) is 4.83. The van der Waals surface area contributed by atoms with Crippen molar-refractivity contribution in [3.63, 3.8) is 0 Å². The number of fused-ring (bicyclic) bond motifs is 1. The van der Waals surface area contributed by atoms with Gasteiger partial charge in [-0.25, -0.2) is 9.97 Å². The molecule has 0 amide bonds. The van der Waals surface area contributed by atoms with E-state index in [1.807, 2.05) is 0 Å². The zero-order chi connectivity index (χ0) is 21.6. The van der Waals surface area contributed by atoms with Crippen LogP contribution in [-0.4, -0.2) is 9.97 Å². The Morgan fingerprint density at radius 3 is 1.83 bits per heavy atom. The van der Waals surface area contributed by atoms with Crippen molar-refractivity contribution in [1.82, 2.24) is 9.97 Å². The molecule has 0 atom stereocenters. The number of benzene rings is 1. The fourth-order valence-corrected chi connectivity index (χ4v) is 2.43. The summed E-state index contributed by atoms with van der Waals surface area (Å²) in [6.07, 6.45) is -14.0. The maximum atomic E-state index is 13.1. The summed E-state index contributed by atoms with van der Waals surface area (Å²) in [6.45, 7) is 0. The molecule has 0 bridgehead atoms. The Morgan fingerprint density at radius 1 is 0.690 bits per heavy atom. The molecule has 3 nitrogen and oxygen atoms in total. The minimum atomic E-state index is -4.97. The number of aromatic nitrogens is 2. The molecule has 3 rings (SSSR count). The molecule has 3 aromatic rings. The lowest BCUT2D eigenvalue weighted by Gasteiger charge is -2.15. The van der Waals surface area contributed by atoms with Crippen molar-refractivity contribution in [3.8, 4) is 0 Å². The average molecular weight is 425 g/mol. The van der Waals surface area contributed by atoms with Crippen molar-refractivity contribution in [3.05, 3.63) is 59.4 Å². The van der Waals surface area contributed by atoms with E-state index in [0.29, 0.717) is 30.5 Å². The number of alkyl halides is 9. The van der Waals surface area contributed by atoms with Crippen LogP contribution in [0, 0.1) is 0 Å². The van der Waals surface area contributed by atoms with E-state index in [0.717, 1.165) is 12.1 Å². The minimum Gasteiger partial charge on any atom is -0.340 e. The lowest BCUT2D eigenvalue weighted by atomic mass is 10.1. The van der Waals surface area contributed by atoms with Crippen molar-refractivity contribution < 1.29 is 39.5 Å². The number of pyridine rings is 2. The number of hydrogen-bond donors (Lipinski definition) is 1. The first-order valence-electron chi connectivity index (χ1n) is 7.64. The van der Waals surface area contributed by atoms with Gasteiger partial charge in [-0.3, -0.25) is 0 Å². The molecule has 0 fully saturated rings. The third-order valence-corrected chi connectivity index (χ3v) is 3.78. The standard InChI is InChI=1S/C17H8F9N3/c18-15(19,20)8-1-3-10-11(5-8)28-13(17(24,25)26)6-12(10)29-14-4-2-9(7-27-14)16(21,22)23/h1-7H,(H,27,28,29). The second-order valence-electron chi connectivity index (χ2n) is 5.84. The number of nitrogens with one attached hydrogen (secondary N) is 1. The number of halogens is 9. The largest absolute Gasteiger partial charge is 0.433 e. The molecule has 0 spiro atoms. The quantitative estimate of drug-likeness (QED) is 0.481. The Labute approximate surface area is 156 Å². The van der Waals surface area contributed by atoms with E-state index in [1.54, 1.807) is 0 Å². The molecule has 1 N–H and O–H groups in total. The molecule has 2 aromatic heterocycles. The predicted molar refractivity (Wildman–Crippen MR) is 84.3 cm³/mol. The lowest BCUT2D eigenvalue weighted by Crippen LogP contribution is -2.10. The molecule has 29 heavy (non-hydrogen) atoms. The van der Waals surface area contributed by atoms with Crippen molar-refractivity contribution in [2.75, 3.05) is 5.32 Å². The van der Waals surface area contributed by atoms with Crippen LogP contribution in [0.1, 0.15) is 16.8 Å². The predicted octanol–water partition coefficient (Wildman–Crippen LogP) is 6.43. The van der Waals surface area contributed by atoms with Gasteiger partial charge in [0.2, 0.25) is 0 Å². The molecule has 154 valence electrons. The number of anilines is 2. The smallest absolute Gasteiger partial charge is 0.340 e. The molecular formula is C17H8F9N3. The zero-order valence-electron chi connectivity index (χ0n) is 13.8. The van der Waals surface area contributed by atoms with Crippen LogP contribution in [0.25, 0.3) is 10.9 Å². The van der Waals surface area contributed by atoms with Crippen molar-refractivity contribution in [2.45, 2.75) is 18.5 Å². The summed E-state index contributed by atoms with van der Waals surface area (Å²) in [5.74, 6) is -0.237. The van der Waals surface area contributed by atoms with Gasteiger partial charge < -0.3 is 5.32 Å². The van der Waals surface area contributed by atoms with Crippen LogP contribution in [0.15, 0.2) is 42.6 Å². The Hall–Kier alpha value is -3.05. The van der Waals surface area contributed by atoms with E-state index < -0.39 is 40.9 Å². The summed E-state index contributed by atoms with van der Waals surface area (Å²) in [7, 11) is 0. The molecule has 0 aliphatic heterocycles. The van der Waals surface area contributed by atoms with Crippen molar-refractivity contribution in [2.24, 2.45) is 0 Å². The van der Waals surface area contributed by atoms with Gasteiger partial charge in [-0.05, 0) is 30.3 Å². The lowest BCUT2D eigenvalue weighted by molar-refractivity contribution is -0.141. The first-order chi connectivity index (χ1) is 13.2. The van der Waals surface area contributed by atoms with Gasteiger partial charge in [-0.1, -0.05) is 6.07 Å². The maximum Gasteiger partial charge on any atom is 0.433 e. The fraction of sp³-hybridized carbons (Fsp3) is 0.176. The molecule has 0 saturated carbocycles. The second-order valence-corrected chi connectivity index (χ2v) is 5.84. The first-order valence-corrected chi connectivity index (χ1v) is 7.64. The zero-order valence-corrected chi connectivity index (χ0v) is 13.8. The number of rotatable bonds is 2. The molecule has 0 unspecified atom stereocenters. The maximum absolute atomic E-state index is 13.1. The van der Waals surface area contributed by atoms with Crippen LogP contribution in [-0.2, 0) is 18.5 Å². The summed E-state index contributed by atoms with van der Waals surface area (Å²) in [6, 6.07) is 4.10. The van der Waals surface area contributed by atoms with Gasteiger partial charge in [-0.15, -0.1) is 0 Å². The van der Waals surface area contributed by atoms with E-state index in [4.69, 9.17) is 0 Å². The van der Waals surface area contributed by atoms with E-state index in [-0.39, 0.29) is 16.9 Å². The number of hydrogen-bond acceptors (Lipinski definition) is 3. The highest BCUT2D eigenvalue weighted by atomic mass is 19.4. The van der Waals surface area contributed by atoms with E-state index in [9.17, 15) is 39.5 Å². The van der Waals surface area contributed by atoms with Crippen LogP contribution < -0.4 is 5.32 Å². The summed E-state index contributed by atoms with van der Waals surface area (Å²) in [5.41, 5.74) is -4.66. The van der Waals surface area contributed by atoms with Gasteiger partial charge >= 0.3 is 18.5 Å². The summed E-state index contributed by atoms with van der Waals surface area (Å²) >= 11 is 0. The van der Waals surface area contributed by atoms with Gasteiger partial charge in [0.15, 0.2) is 0 Å². The van der Waals surface area contributed by atoms with Crippen LogP contribution in [0.4, 0.5) is 51.0 Å². The highest BCUT2D eigenvalue weighted by Crippen LogP contribution is 2.37. The molecule has 12 heteroatoms. The normalized spacial score (nSPS) is 13.0.